The third-order valence-corrected chi connectivity index (χ3v) is 4.55. The molecule has 6 nitrogen and oxygen atoms in total. The van der Waals surface area contributed by atoms with Crippen molar-refractivity contribution in [3.05, 3.63) is 65.7 Å². The molecule has 1 fully saturated rings. The number of benzene rings is 2. The van der Waals surface area contributed by atoms with Crippen LogP contribution in [0.25, 0.3) is 0 Å². The van der Waals surface area contributed by atoms with E-state index >= 15 is 0 Å². The lowest BCUT2D eigenvalue weighted by Gasteiger charge is -2.23. The number of hydroxylamine groups is 1. The minimum atomic E-state index is -0.544. The first-order valence-corrected chi connectivity index (χ1v) is 8.93. The Morgan fingerprint density at radius 1 is 1.15 bits per heavy atom. The van der Waals surface area contributed by atoms with Gasteiger partial charge in [-0.05, 0) is 29.7 Å². The van der Waals surface area contributed by atoms with Crippen molar-refractivity contribution in [1.82, 2.24) is 10.8 Å². The predicted molar refractivity (Wildman–Crippen MR) is 100 cm³/mol. The molecule has 26 heavy (non-hydrogen) atoms. The van der Waals surface area contributed by atoms with Crippen LogP contribution in [0, 0.1) is 0 Å². The summed E-state index contributed by atoms with van der Waals surface area (Å²) in [4.78, 5) is 12.1. The van der Waals surface area contributed by atoms with Gasteiger partial charge in [-0.1, -0.05) is 42.5 Å². The zero-order chi connectivity index (χ0) is 18.2. The number of nitrogens with one attached hydrogen (secondary N) is 3. The first kappa shape index (κ1) is 18.4. The highest BCUT2D eigenvalue weighted by Gasteiger charge is 2.22. The van der Waals surface area contributed by atoms with Gasteiger partial charge in [0.2, 0.25) is 0 Å². The van der Waals surface area contributed by atoms with Crippen LogP contribution in [-0.2, 0) is 9.53 Å². The molecule has 1 heterocycles. The first-order chi connectivity index (χ1) is 12.8. The molecule has 2 unspecified atom stereocenters. The highest BCUT2D eigenvalue weighted by atomic mass is 16.5. The van der Waals surface area contributed by atoms with Crippen LogP contribution >= 0.6 is 0 Å². The fourth-order valence-corrected chi connectivity index (χ4v) is 3.18. The summed E-state index contributed by atoms with van der Waals surface area (Å²) < 4.78 is 5.68. The molecule has 1 aliphatic heterocycles. The van der Waals surface area contributed by atoms with Gasteiger partial charge in [-0.25, -0.2) is 5.48 Å². The van der Waals surface area contributed by atoms with E-state index in [2.05, 4.69) is 10.6 Å². The van der Waals surface area contributed by atoms with Crippen molar-refractivity contribution in [2.24, 2.45) is 0 Å². The molecule has 1 amide bonds. The van der Waals surface area contributed by atoms with Crippen LogP contribution in [0.3, 0.4) is 0 Å². The van der Waals surface area contributed by atoms with Gasteiger partial charge < -0.3 is 15.4 Å². The van der Waals surface area contributed by atoms with E-state index in [1.165, 1.54) is 0 Å². The van der Waals surface area contributed by atoms with Crippen molar-refractivity contribution < 1.29 is 14.7 Å². The van der Waals surface area contributed by atoms with Crippen LogP contribution < -0.4 is 16.1 Å². The molecule has 6 heteroatoms. The van der Waals surface area contributed by atoms with E-state index in [-0.39, 0.29) is 6.10 Å². The highest BCUT2D eigenvalue weighted by molar-refractivity contribution is 5.86. The number of hydrogen-bond acceptors (Lipinski definition) is 5. The van der Waals surface area contributed by atoms with Crippen molar-refractivity contribution >= 4 is 11.6 Å². The minimum absolute atomic E-state index is 0.256. The van der Waals surface area contributed by atoms with Crippen LogP contribution in [0.4, 0.5) is 5.69 Å². The molecule has 0 saturated carbocycles. The average molecular weight is 355 g/mol. The van der Waals surface area contributed by atoms with Crippen molar-refractivity contribution in [3.63, 3.8) is 0 Å². The summed E-state index contributed by atoms with van der Waals surface area (Å²) in [5, 5.41) is 15.8. The topological polar surface area (TPSA) is 82.6 Å². The molecular formula is C20H25N3O3. The monoisotopic (exact) mass is 355 g/mol. The van der Waals surface area contributed by atoms with Crippen molar-refractivity contribution in [2.75, 3.05) is 31.6 Å². The fraction of sp³-hybridized carbons (Fsp3) is 0.350. The number of hydrogen-bond donors (Lipinski definition) is 4. The smallest absolute Gasteiger partial charge is 0.255 e. The van der Waals surface area contributed by atoms with Crippen molar-refractivity contribution in [3.8, 4) is 0 Å². The quantitative estimate of drug-likeness (QED) is 0.452. The molecule has 138 valence electrons. The molecule has 2 atom stereocenters. The van der Waals surface area contributed by atoms with Gasteiger partial charge in [0.25, 0.3) is 5.91 Å². The standard InChI is InChI=1S/C20H25N3O3/c24-20(23-25)19(15-4-2-1-3-5-15)16-6-8-17(9-7-16)22-11-10-18-14-21-12-13-26-18/h1-9,18-19,21-22,25H,10-14H2,(H,23,24). The summed E-state index contributed by atoms with van der Waals surface area (Å²) >= 11 is 0. The summed E-state index contributed by atoms with van der Waals surface area (Å²) in [6.07, 6.45) is 1.19. The van der Waals surface area contributed by atoms with E-state index in [1.807, 2.05) is 54.6 Å². The lowest BCUT2D eigenvalue weighted by atomic mass is 9.90. The average Bonchev–Trinajstić information content (AvgIpc) is 2.71. The second-order valence-corrected chi connectivity index (χ2v) is 6.35. The van der Waals surface area contributed by atoms with Crippen molar-refractivity contribution in [2.45, 2.75) is 18.4 Å². The van der Waals surface area contributed by atoms with Crippen LogP contribution in [-0.4, -0.2) is 43.5 Å². The van der Waals surface area contributed by atoms with Crippen LogP contribution in [0.5, 0.6) is 0 Å². The molecule has 0 aromatic heterocycles. The number of carbonyl (C=O) groups excluding carboxylic acids is 1. The second-order valence-electron chi connectivity index (χ2n) is 6.35. The maximum atomic E-state index is 12.1. The van der Waals surface area contributed by atoms with Gasteiger partial charge in [0.1, 0.15) is 0 Å². The van der Waals surface area contributed by atoms with Gasteiger partial charge in [-0.2, -0.15) is 0 Å². The maximum Gasteiger partial charge on any atom is 0.255 e. The number of amides is 1. The number of ether oxygens (including phenoxy) is 1. The number of morpholine rings is 1. The van der Waals surface area contributed by atoms with Crippen molar-refractivity contribution in [1.29, 1.82) is 0 Å². The van der Waals surface area contributed by atoms with Crippen LogP contribution in [0.2, 0.25) is 0 Å². The Labute approximate surface area is 153 Å². The fourth-order valence-electron chi connectivity index (χ4n) is 3.18. The first-order valence-electron chi connectivity index (χ1n) is 8.93. The molecule has 3 rings (SSSR count). The zero-order valence-corrected chi connectivity index (χ0v) is 14.7. The lowest BCUT2D eigenvalue weighted by Crippen LogP contribution is -2.39. The third-order valence-electron chi connectivity index (χ3n) is 4.55. The second kappa shape index (κ2) is 9.33. The zero-order valence-electron chi connectivity index (χ0n) is 14.7. The normalized spacial score (nSPS) is 18.1. The third kappa shape index (κ3) is 4.82. The number of anilines is 1. The van der Waals surface area contributed by atoms with E-state index in [1.54, 1.807) is 5.48 Å². The van der Waals surface area contributed by atoms with E-state index in [0.717, 1.165) is 49.5 Å². The summed E-state index contributed by atoms with van der Waals surface area (Å²) in [6, 6.07) is 17.1. The van der Waals surface area contributed by atoms with E-state index in [0.29, 0.717) is 0 Å². The molecule has 1 aliphatic rings. The largest absolute Gasteiger partial charge is 0.385 e. The predicted octanol–water partition coefficient (Wildman–Crippen LogP) is 2.11. The molecule has 4 N–H and O–H groups in total. The highest BCUT2D eigenvalue weighted by Crippen LogP contribution is 2.26. The molecule has 0 aliphatic carbocycles. The summed E-state index contributed by atoms with van der Waals surface area (Å²) in [7, 11) is 0. The van der Waals surface area contributed by atoms with E-state index < -0.39 is 11.8 Å². The van der Waals surface area contributed by atoms with E-state index in [4.69, 9.17) is 9.94 Å². The molecule has 0 spiro atoms. The minimum Gasteiger partial charge on any atom is -0.385 e. The Bertz CT molecular complexity index is 685. The molecule has 0 bridgehead atoms. The Kier molecular flexibility index (Phi) is 6.60. The Balaban J connectivity index is 1.62. The molecule has 1 saturated heterocycles. The van der Waals surface area contributed by atoms with Gasteiger partial charge in [0.05, 0.1) is 18.6 Å². The SMILES string of the molecule is O=C(NO)C(c1ccccc1)c1ccc(NCCC2CNCCO2)cc1. The molecular weight excluding hydrogens is 330 g/mol. The molecule has 0 radical (unpaired) electrons. The summed E-state index contributed by atoms with van der Waals surface area (Å²) in [5.41, 5.74) is 4.43. The van der Waals surface area contributed by atoms with Crippen LogP contribution in [0.1, 0.15) is 23.5 Å². The number of rotatable bonds is 7. The number of carbonyl (C=O) groups is 1. The Morgan fingerprint density at radius 3 is 2.54 bits per heavy atom. The molecule has 2 aromatic rings. The Morgan fingerprint density at radius 2 is 1.88 bits per heavy atom. The van der Waals surface area contributed by atoms with Gasteiger partial charge in [0, 0.05) is 25.3 Å². The van der Waals surface area contributed by atoms with Gasteiger partial charge in [-0.15, -0.1) is 0 Å². The maximum absolute atomic E-state index is 12.1. The van der Waals surface area contributed by atoms with Gasteiger partial charge >= 0.3 is 0 Å². The van der Waals surface area contributed by atoms with Gasteiger partial charge in [-0.3, -0.25) is 10.0 Å². The van der Waals surface area contributed by atoms with Crippen LogP contribution in [0.15, 0.2) is 54.6 Å². The van der Waals surface area contributed by atoms with E-state index in [9.17, 15) is 4.79 Å². The Hall–Kier alpha value is -2.41. The lowest BCUT2D eigenvalue weighted by molar-refractivity contribution is -0.129. The molecule has 2 aromatic carbocycles. The summed E-state index contributed by atoms with van der Waals surface area (Å²) in [6.45, 7) is 3.42. The van der Waals surface area contributed by atoms with Gasteiger partial charge in [0.15, 0.2) is 0 Å². The summed E-state index contributed by atoms with van der Waals surface area (Å²) in [5.74, 6) is -0.990.